The van der Waals surface area contributed by atoms with E-state index in [1.165, 1.54) is 4.90 Å². The molecule has 6 heteroatoms. The number of hydrogen-bond donors (Lipinski definition) is 1. The average molecular weight is 385 g/mol. The number of nitrogens with zero attached hydrogens (tertiary/aromatic N) is 2. The minimum Gasteiger partial charge on any atom is -0.447 e. The molecule has 1 saturated heterocycles. The Balaban J connectivity index is 1.59. The summed E-state index contributed by atoms with van der Waals surface area (Å²) in [5, 5.41) is 4.39. The molecule has 1 fully saturated rings. The smallest absolute Gasteiger partial charge is 0.414 e. The summed E-state index contributed by atoms with van der Waals surface area (Å²) in [6.07, 6.45) is -0.406. The first-order valence-electron chi connectivity index (χ1n) is 9.25. The van der Waals surface area contributed by atoms with Crippen molar-refractivity contribution in [1.29, 1.82) is 0 Å². The molecule has 6 nitrogen and oxygen atoms in total. The Labute approximate surface area is 168 Å². The predicted octanol–water partition coefficient (Wildman–Crippen LogP) is 3.83. The maximum Gasteiger partial charge on any atom is 0.414 e. The summed E-state index contributed by atoms with van der Waals surface area (Å²) in [6.45, 7) is 0.811. The van der Waals surface area contributed by atoms with E-state index in [1.807, 2.05) is 60.7 Å². The van der Waals surface area contributed by atoms with Crippen LogP contribution < -0.4 is 10.3 Å². The number of cyclic esters (lactones) is 1. The van der Waals surface area contributed by atoms with E-state index in [0.29, 0.717) is 30.1 Å². The van der Waals surface area contributed by atoms with E-state index in [-0.39, 0.29) is 5.91 Å². The number of hydrogen-bond acceptors (Lipinski definition) is 4. The number of benzene rings is 3. The highest BCUT2D eigenvalue weighted by Crippen LogP contribution is 2.20. The van der Waals surface area contributed by atoms with Gasteiger partial charge in [0, 0.05) is 22.4 Å². The Hall–Kier alpha value is -3.93. The van der Waals surface area contributed by atoms with E-state index < -0.39 is 6.09 Å². The van der Waals surface area contributed by atoms with Crippen molar-refractivity contribution in [1.82, 2.24) is 5.43 Å². The molecule has 0 unspecified atom stereocenters. The van der Waals surface area contributed by atoms with E-state index in [1.54, 1.807) is 24.3 Å². The minimum atomic E-state index is -0.406. The lowest BCUT2D eigenvalue weighted by molar-refractivity contribution is 0.0955. The summed E-state index contributed by atoms with van der Waals surface area (Å²) < 4.78 is 4.96. The molecule has 0 bridgehead atoms. The summed E-state index contributed by atoms with van der Waals surface area (Å²) >= 11 is 0. The number of nitrogens with one attached hydrogen (secondary N) is 1. The van der Waals surface area contributed by atoms with Crippen molar-refractivity contribution < 1.29 is 14.3 Å². The second-order valence-electron chi connectivity index (χ2n) is 6.45. The molecule has 0 radical (unpaired) electrons. The number of carbonyl (C=O) groups is 2. The third-order valence-corrected chi connectivity index (χ3v) is 4.54. The zero-order valence-electron chi connectivity index (χ0n) is 15.6. The van der Waals surface area contributed by atoms with E-state index >= 15 is 0 Å². The van der Waals surface area contributed by atoms with Crippen molar-refractivity contribution >= 4 is 23.4 Å². The zero-order chi connectivity index (χ0) is 20.1. The molecule has 3 aromatic rings. The standard InChI is InChI=1S/C23H19N3O3/c27-22(19-12-7-13-20(16-19)26-14-15-29-23(26)28)25-24-21(17-8-3-1-4-9-17)18-10-5-2-6-11-18/h1-13,16H,14-15H2,(H,25,27). The third kappa shape index (κ3) is 4.16. The van der Waals surface area contributed by atoms with Gasteiger partial charge in [-0.05, 0) is 18.2 Å². The highest BCUT2D eigenvalue weighted by atomic mass is 16.6. The molecule has 4 rings (SSSR count). The van der Waals surface area contributed by atoms with Gasteiger partial charge in [0.25, 0.3) is 5.91 Å². The van der Waals surface area contributed by atoms with Gasteiger partial charge < -0.3 is 4.74 Å². The first-order chi connectivity index (χ1) is 14.2. The number of carbonyl (C=O) groups excluding carboxylic acids is 2. The van der Waals surface area contributed by atoms with Crippen LogP contribution in [0.3, 0.4) is 0 Å². The lowest BCUT2D eigenvalue weighted by Gasteiger charge is -2.13. The quantitative estimate of drug-likeness (QED) is 0.536. The topological polar surface area (TPSA) is 71.0 Å². The van der Waals surface area contributed by atoms with Crippen molar-refractivity contribution in [3.05, 3.63) is 102 Å². The minimum absolute atomic E-state index is 0.344. The normalized spacial score (nSPS) is 13.0. The predicted molar refractivity (Wildman–Crippen MR) is 111 cm³/mol. The highest BCUT2D eigenvalue weighted by Gasteiger charge is 2.24. The van der Waals surface area contributed by atoms with E-state index in [4.69, 9.17) is 4.74 Å². The van der Waals surface area contributed by atoms with Crippen LogP contribution in [0.25, 0.3) is 0 Å². The lowest BCUT2D eigenvalue weighted by atomic mass is 10.0. The molecule has 0 aliphatic carbocycles. The van der Waals surface area contributed by atoms with E-state index in [2.05, 4.69) is 10.5 Å². The molecule has 0 spiro atoms. The molecule has 0 aromatic heterocycles. The molecule has 1 aliphatic heterocycles. The van der Waals surface area contributed by atoms with Crippen LogP contribution in [0, 0.1) is 0 Å². The summed E-state index contributed by atoms with van der Waals surface area (Å²) in [5.74, 6) is -0.358. The summed E-state index contributed by atoms with van der Waals surface area (Å²) in [4.78, 5) is 26.0. The summed E-state index contributed by atoms with van der Waals surface area (Å²) in [6, 6.07) is 26.2. The molecule has 1 heterocycles. The van der Waals surface area contributed by atoms with Gasteiger partial charge in [0.15, 0.2) is 0 Å². The van der Waals surface area contributed by atoms with Crippen LogP contribution in [0.5, 0.6) is 0 Å². The fourth-order valence-corrected chi connectivity index (χ4v) is 3.10. The van der Waals surface area contributed by atoms with Crippen molar-refractivity contribution in [2.45, 2.75) is 0 Å². The summed E-state index contributed by atoms with van der Waals surface area (Å²) in [7, 11) is 0. The maximum atomic E-state index is 12.7. The van der Waals surface area contributed by atoms with E-state index in [0.717, 1.165) is 11.1 Å². The van der Waals surface area contributed by atoms with Crippen LogP contribution in [0.4, 0.5) is 10.5 Å². The molecule has 0 atom stereocenters. The van der Waals surface area contributed by atoms with Gasteiger partial charge in [0.05, 0.1) is 12.3 Å². The Morgan fingerprint density at radius 1 is 0.862 bits per heavy atom. The van der Waals surface area contributed by atoms with Gasteiger partial charge in [-0.15, -0.1) is 0 Å². The van der Waals surface area contributed by atoms with Crippen molar-refractivity contribution in [3.8, 4) is 0 Å². The third-order valence-electron chi connectivity index (χ3n) is 4.54. The van der Waals surface area contributed by atoms with E-state index in [9.17, 15) is 9.59 Å². The van der Waals surface area contributed by atoms with Crippen LogP contribution in [0.2, 0.25) is 0 Å². The SMILES string of the molecule is O=C(NN=C(c1ccccc1)c1ccccc1)c1cccc(N2CCOC2=O)c1. The molecule has 1 N–H and O–H groups in total. The van der Waals surface area contributed by atoms with Gasteiger partial charge in [-0.1, -0.05) is 66.7 Å². The molecule has 3 aromatic carbocycles. The Morgan fingerprint density at radius 3 is 2.07 bits per heavy atom. The average Bonchev–Trinajstić information content (AvgIpc) is 3.21. The summed E-state index contributed by atoms with van der Waals surface area (Å²) in [5.41, 5.74) is 6.13. The van der Waals surface area contributed by atoms with Gasteiger partial charge >= 0.3 is 6.09 Å². The fraction of sp³-hybridized carbons (Fsp3) is 0.0870. The monoisotopic (exact) mass is 385 g/mol. The second-order valence-corrected chi connectivity index (χ2v) is 6.45. The van der Waals surface area contributed by atoms with Gasteiger partial charge in [-0.3, -0.25) is 9.69 Å². The van der Waals surface area contributed by atoms with Crippen LogP contribution in [-0.2, 0) is 4.74 Å². The van der Waals surface area contributed by atoms with Crippen LogP contribution in [-0.4, -0.2) is 30.9 Å². The molecule has 0 saturated carbocycles. The van der Waals surface area contributed by atoms with Crippen molar-refractivity contribution in [3.63, 3.8) is 0 Å². The molecular formula is C23H19N3O3. The number of rotatable bonds is 5. The number of amides is 2. The second kappa shape index (κ2) is 8.39. The Morgan fingerprint density at radius 2 is 1.48 bits per heavy atom. The Bertz CT molecular complexity index is 1010. The first kappa shape index (κ1) is 18.4. The number of anilines is 1. The van der Waals surface area contributed by atoms with Crippen molar-refractivity contribution in [2.75, 3.05) is 18.1 Å². The van der Waals surface area contributed by atoms with Gasteiger partial charge in [-0.2, -0.15) is 5.10 Å². The molecule has 1 aliphatic rings. The number of hydrazone groups is 1. The lowest BCUT2D eigenvalue weighted by Crippen LogP contribution is -2.24. The van der Waals surface area contributed by atoms with Crippen LogP contribution >= 0.6 is 0 Å². The van der Waals surface area contributed by atoms with Crippen LogP contribution in [0.1, 0.15) is 21.5 Å². The Kier molecular flexibility index (Phi) is 5.33. The maximum absolute atomic E-state index is 12.7. The van der Waals surface area contributed by atoms with Crippen molar-refractivity contribution in [2.24, 2.45) is 5.10 Å². The molecular weight excluding hydrogens is 366 g/mol. The molecule has 2 amide bonds. The fourth-order valence-electron chi connectivity index (χ4n) is 3.10. The van der Waals surface area contributed by atoms with Gasteiger partial charge in [-0.25, -0.2) is 10.2 Å². The first-order valence-corrected chi connectivity index (χ1v) is 9.25. The number of ether oxygens (including phenoxy) is 1. The van der Waals surface area contributed by atoms with Crippen LogP contribution in [0.15, 0.2) is 90.0 Å². The van der Waals surface area contributed by atoms with Gasteiger partial charge in [0.2, 0.25) is 0 Å². The largest absolute Gasteiger partial charge is 0.447 e. The highest BCUT2D eigenvalue weighted by molar-refractivity contribution is 6.13. The zero-order valence-corrected chi connectivity index (χ0v) is 15.6. The molecule has 144 valence electrons. The molecule has 29 heavy (non-hydrogen) atoms. The van der Waals surface area contributed by atoms with Gasteiger partial charge in [0.1, 0.15) is 6.61 Å².